The fraction of sp³-hybridized carbons (Fsp3) is 0.579. The van der Waals surface area contributed by atoms with Crippen LogP contribution in [0.3, 0.4) is 0 Å². The maximum absolute atomic E-state index is 12.5. The van der Waals surface area contributed by atoms with Gasteiger partial charge >= 0.3 is 12.1 Å². The van der Waals surface area contributed by atoms with Crippen LogP contribution >= 0.6 is 0 Å². The van der Waals surface area contributed by atoms with Crippen molar-refractivity contribution < 1.29 is 31.7 Å². The standard InChI is InChI=1S/C19H27NO7S/c1-13-6-8-15(9-7-13)28(23,24)27-14-10-11-20(16(12-14)17(21)25-5)18(22)26-19(2,3)4/h6-9,14,16H,10-12H2,1-5H3/t14-,16+/m1/s1. The number of benzene rings is 1. The Morgan fingerprint density at radius 1 is 1.14 bits per heavy atom. The molecule has 1 aliphatic heterocycles. The molecule has 1 aromatic rings. The van der Waals surface area contributed by atoms with Crippen LogP contribution in [0.4, 0.5) is 4.79 Å². The van der Waals surface area contributed by atoms with Crippen LogP contribution in [0.25, 0.3) is 0 Å². The Balaban J connectivity index is 2.14. The average Bonchev–Trinajstić information content (AvgIpc) is 2.59. The molecule has 0 N–H and O–H groups in total. The molecule has 2 atom stereocenters. The van der Waals surface area contributed by atoms with Gasteiger partial charge in [0.15, 0.2) is 0 Å². The minimum atomic E-state index is -3.99. The molecule has 0 saturated carbocycles. The largest absolute Gasteiger partial charge is 0.467 e. The van der Waals surface area contributed by atoms with Crippen molar-refractivity contribution in [3.05, 3.63) is 29.8 Å². The van der Waals surface area contributed by atoms with E-state index in [2.05, 4.69) is 0 Å². The fourth-order valence-electron chi connectivity index (χ4n) is 2.86. The number of carbonyl (C=O) groups excluding carboxylic acids is 2. The Kier molecular flexibility index (Phi) is 6.71. The number of likely N-dealkylation sites (tertiary alicyclic amines) is 1. The predicted molar refractivity (Wildman–Crippen MR) is 101 cm³/mol. The lowest BCUT2D eigenvalue weighted by Crippen LogP contribution is -2.53. The lowest BCUT2D eigenvalue weighted by atomic mass is 10.00. The number of methoxy groups -OCH3 is 1. The summed E-state index contributed by atoms with van der Waals surface area (Å²) in [5.74, 6) is -0.646. The summed E-state index contributed by atoms with van der Waals surface area (Å²) in [5, 5.41) is 0. The van der Waals surface area contributed by atoms with E-state index in [0.29, 0.717) is 0 Å². The van der Waals surface area contributed by atoms with E-state index in [9.17, 15) is 18.0 Å². The van der Waals surface area contributed by atoms with Gasteiger partial charge in [-0.3, -0.25) is 9.08 Å². The monoisotopic (exact) mass is 413 g/mol. The first-order valence-corrected chi connectivity index (χ1v) is 10.4. The average molecular weight is 413 g/mol. The number of amides is 1. The lowest BCUT2D eigenvalue weighted by molar-refractivity contribution is -0.149. The van der Waals surface area contributed by atoms with E-state index >= 15 is 0 Å². The Morgan fingerprint density at radius 2 is 1.75 bits per heavy atom. The molecule has 1 saturated heterocycles. The van der Waals surface area contributed by atoms with Crippen molar-refractivity contribution in [3.8, 4) is 0 Å². The maximum Gasteiger partial charge on any atom is 0.411 e. The summed E-state index contributed by atoms with van der Waals surface area (Å²) in [6, 6.07) is 5.32. The number of ether oxygens (including phenoxy) is 2. The fourth-order valence-corrected chi connectivity index (χ4v) is 3.97. The topological polar surface area (TPSA) is 99.2 Å². The first-order chi connectivity index (χ1) is 12.9. The molecule has 1 aromatic carbocycles. The van der Waals surface area contributed by atoms with Crippen LogP contribution < -0.4 is 0 Å². The van der Waals surface area contributed by atoms with E-state index in [4.69, 9.17) is 13.7 Å². The number of aryl methyl sites for hydroxylation is 1. The molecule has 0 spiro atoms. The van der Waals surface area contributed by atoms with Gasteiger partial charge < -0.3 is 9.47 Å². The molecule has 0 radical (unpaired) electrons. The minimum Gasteiger partial charge on any atom is -0.467 e. The highest BCUT2D eigenvalue weighted by Gasteiger charge is 2.40. The molecule has 0 aliphatic carbocycles. The predicted octanol–water partition coefficient (Wildman–Crippen LogP) is 2.64. The van der Waals surface area contributed by atoms with Crippen LogP contribution in [0, 0.1) is 6.92 Å². The number of rotatable bonds is 4. The summed E-state index contributed by atoms with van der Waals surface area (Å²) in [4.78, 5) is 25.9. The second-order valence-electron chi connectivity index (χ2n) is 7.72. The summed E-state index contributed by atoms with van der Waals surface area (Å²) in [5.41, 5.74) is 0.204. The van der Waals surface area contributed by atoms with Crippen LogP contribution in [0.15, 0.2) is 29.2 Å². The molecule has 0 unspecified atom stereocenters. The van der Waals surface area contributed by atoms with Gasteiger partial charge in [-0.15, -0.1) is 0 Å². The van der Waals surface area contributed by atoms with Gasteiger partial charge in [0.25, 0.3) is 10.1 Å². The second kappa shape index (κ2) is 8.48. The smallest absolute Gasteiger partial charge is 0.411 e. The number of hydrogen-bond acceptors (Lipinski definition) is 7. The number of esters is 1. The van der Waals surface area contributed by atoms with E-state index in [0.717, 1.165) is 5.56 Å². The van der Waals surface area contributed by atoms with Gasteiger partial charge in [0.2, 0.25) is 0 Å². The third-order valence-corrected chi connectivity index (χ3v) is 5.60. The normalized spacial score (nSPS) is 20.5. The molecule has 1 fully saturated rings. The van der Waals surface area contributed by atoms with Crippen LogP contribution in [0.2, 0.25) is 0 Å². The van der Waals surface area contributed by atoms with Crippen LogP contribution in [-0.4, -0.2) is 56.8 Å². The van der Waals surface area contributed by atoms with E-state index in [1.807, 2.05) is 6.92 Å². The lowest BCUT2D eigenvalue weighted by Gasteiger charge is -2.37. The van der Waals surface area contributed by atoms with E-state index in [1.54, 1.807) is 32.9 Å². The molecule has 9 heteroatoms. The number of nitrogens with zero attached hydrogens (tertiary/aromatic N) is 1. The molecule has 1 heterocycles. The van der Waals surface area contributed by atoms with Crippen LogP contribution in [0.1, 0.15) is 39.2 Å². The summed E-state index contributed by atoms with van der Waals surface area (Å²) in [7, 11) is -2.77. The molecule has 0 aromatic heterocycles. The first-order valence-electron chi connectivity index (χ1n) is 9.00. The van der Waals surface area contributed by atoms with Gasteiger partial charge in [0.05, 0.1) is 18.1 Å². The van der Waals surface area contributed by atoms with E-state index in [-0.39, 0.29) is 24.3 Å². The molecule has 28 heavy (non-hydrogen) atoms. The van der Waals surface area contributed by atoms with Crippen molar-refractivity contribution >= 4 is 22.2 Å². The Morgan fingerprint density at radius 3 is 2.29 bits per heavy atom. The summed E-state index contributed by atoms with van der Waals surface area (Å²) in [6.45, 7) is 7.14. The maximum atomic E-state index is 12.5. The Bertz CT molecular complexity index is 812. The highest BCUT2D eigenvalue weighted by Crippen LogP contribution is 2.26. The quantitative estimate of drug-likeness (QED) is 0.553. The molecule has 0 bridgehead atoms. The number of piperidine rings is 1. The van der Waals surface area contributed by atoms with Gasteiger partial charge in [-0.05, 0) is 46.2 Å². The molecular formula is C19H27NO7S. The van der Waals surface area contributed by atoms with Crippen LogP contribution in [0.5, 0.6) is 0 Å². The Labute approximate surface area is 165 Å². The highest BCUT2D eigenvalue weighted by molar-refractivity contribution is 7.86. The number of carbonyl (C=O) groups is 2. The minimum absolute atomic E-state index is 0.00297. The van der Waals surface area contributed by atoms with Crippen molar-refractivity contribution in [1.82, 2.24) is 4.90 Å². The third kappa shape index (κ3) is 5.68. The molecule has 1 aliphatic rings. The van der Waals surface area contributed by atoms with E-state index < -0.39 is 39.9 Å². The summed E-state index contributed by atoms with van der Waals surface area (Å²) in [6.07, 6.45) is -1.16. The van der Waals surface area contributed by atoms with Crippen molar-refractivity contribution in [2.45, 2.75) is 63.2 Å². The molecule has 8 nitrogen and oxygen atoms in total. The van der Waals surface area contributed by atoms with Gasteiger partial charge in [0.1, 0.15) is 11.6 Å². The van der Waals surface area contributed by atoms with Crippen molar-refractivity contribution in [1.29, 1.82) is 0 Å². The molecule has 156 valence electrons. The zero-order valence-corrected chi connectivity index (χ0v) is 17.6. The number of hydrogen-bond donors (Lipinski definition) is 0. The second-order valence-corrected chi connectivity index (χ2v) is 9.29. The SMILES string of the molecule is COC(=O)[C@@H]1C[C@H](OS(=O)(=O)c2ccc(C)cc2)CCN1C(=O)OC(C)(C)C. The van der Waals surface area contributed by atoms with Gasteiger partial charge in [-0.25, -0.2) is 9.59 Å². The van der Waals surface area contributed by atoms with Crippen LogP contribution in [-0.2, 0) is 28.6 Å². The third-order valence-electron chi connectivity index (χ3n) is 4.23. The molecule has 1 amide bonds. The highest BCUT2D eigenvalue weighted by atomic mass is 32.2. The van der Waals surface area contributed by atoms with Gasteiger partial charge in [-0.2, -0.15) is 8.42 Å². The first kappa shape index (κ1) is 22.2. The zero-order chi connectivity index (χ0) is 21.1. The molecule has 2 rings (SSSR count). The zero-order valence-electron chi connectivity index (χ0n) is 16.8. The molecular weight excluding hydrogens is 386 g/mol. The van der Waals surface area contributed by atoms with Gasteiger partial charge in [-0.1, -0.05) is 17.7 Å². The van der Waals surface area contributed by atoms with Gasteiger partial charge in [0, 0.05) is 13.0 Å². The summed E-state index contributed by atoms with van der Waals surface area (Å²) >= 11 is 0. The van der Waals surface area contributed by atoms with Crippen molar-refractivity contribution in [3.63, 3.8) is 0 Å². The van der Waals surface area contributed by atoms with Crippen molar-refractivity contribution in [2.24, 2.45) is 0 Å². The van der Waals surface area contributed by atoms with Crippen molar-refractivity contribution in [2.75, 3.05) is 13.7 Å². The van der Waals surface area contributed by atoms with E-state index in [1.165, 1.54) is 24.1 Å². The summed E-state index contributed by atoms with van der Waals surface area (Å²) < 4.78 is 40.5. The Hall–Kier alpha value is -2.13.